The number of hydrogen-bond donors (Lipinski definition) is 1. The molecule has 0 bridgehead atoms. The molecule has 0 amide bonds. The zero-order chi connectivity index (χ0) is 7.52. The van der Waals surface area contributed by atoms with Gasteiger partial charge < -0.3 is 10.2 Å². The smallest absolute Gasteiger partial charge is 0.0421 e. The molecule has 2 heterocycles. The molecule has 2 saturated heterocycles. The van der Waals surface area contributed by atoms with E-state index in [0.29, 0.717) is 0 Å². The molecule has 2 rings (SSSR count). The Hall–Kier alpha value is 0.270. The lowest BCUT2D eigenvalue weighted by atomic mass is 10.4. The maximum atomic E-state index is 3.38. The van der Waals surface area contributed by atoms with E-state index in [2.05, 4.69) is 22.0 Å². The number of nitrogens with zero attached hydrogens (tertiary/aromatic N) is 1. The standard InChI is InChI=1S/C8H16N2S/c1-2-4-10(3-1)6-8-5-9-7-11-8/h8-9H,1-7H2/t8-/m1/s1. The lowest BCUT2D eigenvalue weighted by molar-refractivity contribution is 0.340. The molecule has 11 heavy (non-hydrogen) atoms. The highest BCUT2D eigenvalue weighted by molar-refractivity contribution is 8.00. The highest BCUT2D eigenvalue weighted by Crippen LogP contribution is 2.18. The van der Waals surface area contributed by atoms with Gasteiger partial charge in [0.05, 0.1) is 0 Å². The lowest BCUT2D eigenvalue weighted by Gasteiger charge is -2.17. The normalized spacial score (nSPS) is 33.3. The van der Waals surface area contributed by atoms with Crippen LogP contribution < -0.4 is 5.32 Å². The highest BCUT2D eigenvalue weighted by Gasteiger charge is 2.20. The number of hydrogen-bond acceptors (Lipinski definition) is 3. The van der Waals surface area contributed by atoms with Crippen molar-refractivity contribution in [2.45, 2.75) is 18.1 Å². The zero-order valence-corrected chi connectivity index (χ0v) is 7.70. The van der Waals surface area contributed by atoms with Gasteiger partial charge in [0, 0.05) is 24.2 Å². The van der Waals surface area contributed by atoms with Crippen molar-refractivity contribution in [2.75, 3.05) is 32.1 Å². The Morgan fingerprint density at radius 3 is 2.82 bits per heavy atom. The Morgan fingerprint density at radius 2 is 2.18 bits per heavy atom. The summed E-state index contributed by atoms with van der Waals surface area (Å²) < 4.78 is 0. The van der Waals surface area contributed by atoms with Crippen molar-refractivity contribution < 1.29 is 0 Å². The summed E-state index contributed by atoms with van der Waals surface area (Å²) in [4.78, 5) is 2.60. The van der Waals surface area contributed by atoms with Gasteiger partial charge in [0.1, 0.15) is 0 Å². The monoisotopic (exact) mass is 172 g/mol. The molecular formula is C8H16N2S. The Labute approximate surface area is 72.7 Å². The topological polar surface area (TPSA) is 15.3 Å². The fourth-order valence-electron chi connectivity index (χ4n) is 1.83. The zero-order valence-electron chi connectivity index (χ0n) is 6.88. The predicted molar refractivity (Wildman–Crippen MR) is 49.9 cm³/mol. The second-order valence-electron chi connectivity index (χ2n) is 3.39. The lowest BCUT2D eigenvalue weighted by Crippen LogP contribution is -2.30. The third kappa shape index (κ3) is 2.10. The number of rotatable bonds is 2. The minimum Gasteiger partial charge on any atom is -0.307 e. The van der Waals surface area contributed by atoms with Crippen LogP contribution in [0.25, 0.3) is 0 Å². The molecule has 0 aromatic rings. The van der Waals surface area contributed by atoms with Gasteiger partial charge in [-0.1, -0.05) is 0 Å². The molecule has 0 radical (unpaired) electrons. The molecule has 0 unspecified atom stereocenters. The van der Waals surface area contributed by atoms with Crippen LogP contribution in [0.4, 0.5) is 0 Å². The first-order chi connectivity index (χ1) is 5.45. The van der Waals surface area contributed by atoms with Crippen molar-refractivity contribution in [1.82, 2.24) is 10.2 Å². The molecular weight excluding hydrogens is 156 g/mol. The number of thioether (sulfide) groups is 1. The quantitative estimate of drug-likeness (QED) is 0.661. The van der Waals surface area contributed by atoms with Crippen LogP contribution in [-0.4, -0.2) is 42.2 Å². The van der Waals surface area contributed by atoms with Crippen LogP contribution in [0.15, 0.2) is 0 Å². The minimum atomic E-state index is 0.869. The minimum absolute atomic E-state index is 0.869. The molecule has 2 fully saturated rings. The van der Waals surface area contributed by atoms with Crippen molar-refractivity contribution >= 4 is 11.8 Å². The van der Waals surface area contributed by atoms with Crippen molar-refractivity contribution in [1.29, 1.82) is 0 Å². The third-order valence-electron chi connectivity index (χ3n) is 2.45. The summed E-state index contributed by atoms with van der Waals surface area (Å²) in [5.41, 5.74) is 0. The van der Waals surface area contributed by atoms with E-state index in [1.54, 1.807) is 0 Å². The first-order valence-electron chi connectivity index (χ1n) is 4.50. The molecule has 0 spiro atoms. The van der Waals surface area contributed by atoms with Gasteiger partial charge in [-0.3, -0.25) is 0 Å². The molecule has 3 heteroatoms. The van der Waals surface area contributed by atoms with Gasteiger partial charge in [0.15, 0.2) is 0 Å². The van der Waals surface area contributed by atoms with E-state index < -0.39 is 0 Å². The summed E-state index contributed by atoms with van der Waals surface area (Å²) >= 11 is 2.08. The Bertz CT molecular complexity index is 103. The summed E-state index contributed by atoms with van der Waals surface area (Å²) in [5, 5.41) is 4.25. The molecule has 1 N–H and O–H groups in total. The molecule has 0 aliphatic carbocycles. The van der Waals surface area contributed by atoms with Gasteiger partial charge in [0.25, 0.3) is 0 Å². The predicted octanol–water partition coefficient (Wildman–Crippen LogP) is 0.745. The van der Waals surface area contributed by atoms with Crippen molar-refractivity contribution in [2.24, 2.45) is 0 Å². The van der Waals surface area contributed by atoms with Crippen molar-refractivity contribution in [3.63, 3.8) is 0 Å². The molecule has 2 aliphatic heterocycles. The second kappa shape index (κ2) is 3.78. The van der Waals surface area contributed by atoms with Gasteiger partial charge in [-0.2, -0.15) is 0 Å². The van der Waals surface area contributed by atoms with Crippen molar-refractivity contribution in [3.05, 3.63) is 0 Å². The van der Waals surface area contributed by atoms with E-state index in [4.69, 9.17) is 0 Å². The summed E-state index contributed by atoms with van der Waals surface area (Å²) in [5.74, 6) is 1.17. The van der Waals surface area contributed by atoms with Crippen LogP contribution in [0.3, 0.4) is 0 Å². The van der Waals surface area contributed by atoms with Crippen LogP contribution in [0.5, 0.6) is 0 Å². The van der Waals surface area contributed by atoms with E-state index >= 15 is 0 Å². The number of nitrogens with one attached hydrogen (secondary N) is 1. The Morgan fingerprint density at radius 1 is 1.36 bits per heavy atom. The summed E-state index contributed by atoms with van der Waals surface area (Å²) in [7, 11) is 0. The Balaban J connectivity index is 1.71. The average molecular weight is 172 g/mol. The van der Waals surface area contributed by atoms with E-state index in [9.17, 15) is 0 Å². The average Bonchev–Trinajstić information content (AvgIpc) is 2.60. The largest absolute Gasteiger partial charge is 0.307 e. The van der Waals surface area contributed by atoms with Gasteiger partial charge >= 0.3 is 0 Å². The highest BCUT2D eigenvalue weighted by atomic mass is 32.2. The van der Waals surface area contributed by atoms with Crippen LogP contribution >= 0.6 is 11.8 Å². The SMILES string of the molecule is C1CCN(C[C@H]2CNCS2)C1. The Kier molecular flexibility index (Phi) is 2.72. The summed E-state index contributed by atoms with van der Waals surface area (Å²) in [6.07, 6.45) is 2.84. The van der Waals surface area contributed by atoms with Crippen LogP contribution in [0, 0.1) is 0 Å². The molecule has 2 nitrogen and oxygen atoms in total. The maximum absolute atomic E-state index is 3.38. The first-order valence-corrected chi connectivity index (χ1v) is 5.55. The molecule has 2 aliphatic rings. The van der Waals surface area contributed by atoms with E-state index in [-0.39, 0.29) is 0 Å². The summed E-state index contributed by atoms with van der Waals surface area (Å²) in [6, 6.07) is 0. The third-order valence-corrected chi connectivity index (χ3v) is 3.61. The van der Waals surface area contributed by atoms with Crippen molar-refractivity contribution in [3.8, 4) is 0 Å². The van der Waals surface area contributed by atoms with Crippen LogP contribution in [0.1, 0.15) is 12.8 Å². The second-order valence-corrected chi connectivity index (χ2v) is 4.68. The number of likely N-dealkylation sites (tertiary alicyclic amines) is 1. The van der Waals surface area contributed by atoms with E-state index in [0.717, 1.165) is 5.25 Å². The molecule has 64 valence electrons. The van der Waals surface area contributed by atoms with Gasteiger partial charge in [-0.25, -0.2) is 0 Å². The van der Waals surface area contributed by atoms with Crippen LogP contribution in [-0.2, 0) is 0 Å². The molecule has 0 aromatic carbocycles. The van der Waals surface area contributed by atoms with Crippen LogP contribution in [0.2, 0.25) is 0 Å². The first kappa shape index (κ1) is 7.90. The van der Waals surface area contributed by atoms with E-state index in [1.807, 2.05) is 0 Å². The summed E-state index contributed by atoms with van der Waals surface area (Å²) in [6.45, 7) is 5.23. The fraction of sp³-hybridized carbons (Fsp3) is 1.00. The van der Waals surface area contributed by atoms with E-state index in [1.165, 1.54) is 44.9 Å². The molecule has 1 atom stereocenters. The fourth-order valence-corrected chi connectivity index (χ4v) is 2.85. The van der Waals surface area contributed by atoms with Gasteiger partial charge in [0.2, 0.25) is 0 Å². The maximum Gasteiger partial charge on any atom is 0.0421 e. The van der Waals surface area contributed by atoms with Gasteiger partial charge in [-0.05, 0) is 25.9 Å². The molecule has 0 aromatic heterocycles. The van der Waals surface area contributed by atoms with Gasteiger partial charge in [-0.15, -0.1) is 11.8 Å². The molecule has 0 saturated carbocycles.